The molecule has 1 aromatic carbocycles. The Morgan fingerprint density at radius 1 is 1.40 bits per heavy atom. The Morgan fingerprint density at radius 2 is 2.10 bits per heavy atom. The molecule has 0 radical (unpaired) electrons. The molecule has 0 saturated carbocycles. The SMILES string of the molecule is CC[C@@H](C)[C@H](N)C(=O)Nc1ccc(-n2cccn2)cc1. The Bertz CT molecular complexity index is 548. The molecule has 1 aromatic heterocycles. The van der Waals surface area contributed by atoms with E-state index in [0.717, 1.165) is 17.8 Å². The molecule has 0 spiro atoms. The molecule has 5 heteroatoms. The summed E-state index contributed by atoms with van der Waals surface area (Å²) in [5.74, 6) is 0.0181. The second-order valence-corrected chi connectivity index (χ2v) is 4.90. The van der Waals surface area contributed by atoms with Gasteiger partial charge in [-0.25, -0.2) is 4.68 Å². The third-order valence-corrected chi connectivity index (χ3v) is 3.46. The molecule has 1 amide bonds. The van der Waals surface area contributed by atoms with Crippen molar-refractivity contribution in [1.82, 2.24) is 9.78 Å². The average molecular weight is 272 g/mol. The first-order valence-corrected chi connectivity index (χ1v) is 6.78. The van der Waals surface area contributed by atoms with Crippen LogP contribution in [0, 0.1) is 5.92 Å². The molecule has 0 aliphatic heterocycles. The van der Waals surface area contributed by atoms with Gasteiger partial charge < -0.3 is 11.1 Å². The summed E-state index contributed by atoms with van der Waals surface area (Å²) in [4.78, 5) is 12.0. The molecule has 2 aromatic rings. The normalized spacial score (nSPS) is 13.8. The quantitative estimate of drug-likeness (QED) is 0.876. The molecule has 0 saturated heterocycles. The number of nitrogens with zero attached hydrogens (tertiary/aromatic N) is 2. The number of hydrogen-bond acceptors (Lipinski definition) is 3. The van der Waals surface area contributed by atoms with Crippen LogP contribution in [0.25, 0.3) is 5.69 Å². The maximum absolute atomic E-state index is 12.0. The smallest absolute Gasteiger partial charge is 0.241 e. The first-order chi connectivity index (χ1) is 9.61. The molecule has 0 unspecified atom stereocenters. The molecule has 106 valence electrons. The highest BCUT2D eigenvalue weighted by Crippen LogP contribution is 2.14. The number of rotatable bonds is 5. The van der Waals surface area contributed by atoms with Crippen LogP contribution in [0.2, 0.25) is 0 Å². The lowest BCUT2D eigenvalue weighted by molar-refractivity contribution is -0.118. The number of amides is 1. The van der Waals surface area contributed by atoms with Crippen LogP contribution in [-0.4, -0.2) is 21.7 Å². The average Bonchev–Trinajstić information content (AvgIpc) is 3.00. The molecule has 20 heavy (non-hydrogen) atoms. The van der Waals surface area contributed by atoms with Gasteiger partial charge in [-0.05, 0) is 36.2 Å². The zero-order chi connectivity index (χ0) is 14.5. The Balaban J connectivity index is 2.02. The summed E-state index contributed by atoms with van der Waals surface area (Å²) in [6.07, 6.45) is 4.47. The summed E-state index contributed by atoms with van der Waals surface area (Å²) >= 11 is 0. The van der Waals surface area contributed by atoms with Gasteiger partial charge >= 0.3 is 0 Å². The van der Waals surface area contributed by atoms with Crippen molar-refractivity contribution in [2.75, 3.05) is 5.32 Å². The zero-order valence-corrected chi connectivity index (χ0v) is 11.8. The second kappa shape index (κ2) is 6.34. The lowest BCUT2D eigenvalue weighted by atomic mass is 9.99. The minimum Gasteiger partial charge on any atom is -0.325 e. The Morgan fingerprint density at radius 3 is 2.65 bits per heavy atom. The molecule has 5 nitrogen and oxygen atoms in total. The summed E-state index contributed by atoms with van der Waals surface area (Å²) < 4.78 is 1.76. The summed E-state index contributed by atoms with van der Waals surface area (Å²) in [5, 5.41) is 6.98. The topological polar surface area (TPSA) is 72.9 Å². The van der Waals surface area contributed by atoms with Gasteiger partial charge in [0.05, 0.1) is 11.7 Å². The number of anilines is 1. The molecular formula is C15H20N4O. The largest absolute Gasteiger partial charge is 0.325 e. The van der Waals surface area contributed by atoms with Crippen molar-refractivity contribution in [2.24, 2.45) is 11.7 Å². The van der Waals surface area contributed by atoms with Crippen molar-refractivity contribution in [1.29, 1.82) is 0 Å². The monoisotopic (exact) mass is 272 g/mol. The summed E-state index contributed by atoms with van der Waals surface area (Å²) in [7, 11) is 0. The van der Waals surface area contributed by atoms with Gasteiger partial charge in [-0.2, -0.15) is 5.10 Å². The number of benzene rings is 1. The molecule has 0 fully saturated rings. The molecular weight excluding hydrogens is 252 g/mol. The van der Waals surface area contributed by atoms with E-state index >= 15 is 0 Å². The van der Waals surface area contributed by atoms with Crippen LogP contribution in [0.4, 0.5) is 5.69 Å². The first-order valence-electron chi connectivity index (χ1n) is 6.78. The van der Waals surface area contributed by atoms with E-state index in [1.54, 1.807) is 10.9 Å². The van der Waals surface area contributed by atoms with Crippen LogP contribution in [0.1, 0.15) is 20.3 Å². The number of nitrogens with one attached hydrogen (secondary N) is 1. The van der Waals surface area contributed by atoms with E-state index < -0.39 is 6.04 Å². The highest BCUT2D eigenvalue weighted by molar-refractivity contribution is 5.94. The first kappa shape index (κ1) is 14.3. The minimum atomic E-state index is -0.481. The zero-order valence-electron chi connectivity index (χ0n) is 11.8. The fourth-order valence-electron chi connectivity index (χ4n) is 1.86. The van der Waals surface area contributed by atoms with Gasteiger partial charge in [0.2, 0.25) is 5.91 Å². The van der Waals surface area contributed by atoms with E-state index in [0.29, 0.717) is 0 Å². The van der Waals surface area contributed by atoms with Crippen LogP contribution in [0.15, 0.2) is 42.7 Å². The van der Waals surface area contributed by atoms with E-state index in [1.165, 1.54) is 0 Å². The highest BCUT2D eigenvalue weighted by atomic mass is 16.2. The maximum atomic E-state index is 12.0. The van der Waals surface area contributed by atoms with E-state index in [1.807, 2.05) is 50.4 Å². The molecule has 1 heterocycles. The van der Waals surface area contributed by atoms with Gasteiger partial charge in [0.15, 0.2) is 0 Å². The fourth-order valence-corrected chi connectivity index (χ4v) is 1.86. The summed E-state index contributed by atoms with van der Waals surface area (Å²) in [6, 6.07) is 8.87. The number of hydrogen-bond donors (Lipinski definition) is 2. The molecule has 3 N–H and O–H groups in total. The predicted octanol–water partition coefficient (Wildman–Crippen LogP) is 2.18. The predicted molar refractivity (Wildman–Crippen MR) is 79.6 cm³/mol. The fraction of sp³-hybridized carbons (Fsp3) is 0.333. The van der Waals surface area contributed by atoms with Crippen LogP contribution < -0.4 is 11.1 Å². The Kier molecular flexibility index (Phi) is 4.53. The molecule has 2 rings (SSSR count). The summed E-state index contributed by atoms with van der Waals surface area (Å²) in [6.45, 7) is 4.00. The summed E-state index contributed by atoms with van der Waals surface area (Å²) in [5.41, 5.74) is 7.58. The molecule has 0 aliphatic rings. The number of carbonyl (C=O) groups excluding carboxylic acids is 1. The van der Waals surface area contributed by atoms with Crippen LogP contribution in [0.3, 0.4) is 0 Å². The van der Waals surface area contributed by atoms with Gasteiger partial charge in [-0.3, -0.25) is 4.79 Å². The number of aromatic nitrogens is 2. The van der Waals surface area contributed by atoms with Crippen molar-refractivity contribution < 1.29 is 4.79 Å². The van der Waals surface area contributed by atoms with Gasteiger partial charge in [-0.1, -0.05) is 20.3 Å². The van der Waals surface area contributed by atoms with E-state index in [-0.39, 0.29) is 11.8 Å². The van der Waals surface area contributed by atoms with E-state index in [4.69, 9.17) is 5.73 Å². The molecule has 2 atom stereocenters. The van der Waals surface area contributed by atoms with Crippen LogP contribution in [0.5, 0.6) is 0 Å². The van der Waals surface area contributed by atoms with Crippen LogP contribution in [-0.2, 0) is 4.79 Å². The van der Waals surface area contributed by atoms with Crippen LogP contribution >= 0.6 is 0 Å². The van der Waals surface area contributed by atoms with Gasteiger partial charge in [0, 0.05) is 18.1 Å². The van der Waals surface area contributed by atoms with Crippen molar-refractivity contribution >= 4 is 11.6 Å². The Labute approximate surface area is 118 Å². The Hall–Kier alpha value is -2.14. The molecule has 0 aliphatic carbocycles. The lowest BCUT2D eigenvalue weighted by Crippen LogP contribution is -2.40. The number of carbonyl (C=O) groups is 1. The third kappa shape index (κ3) is 3.24. The van der Waals surface area contributed by atoms with Crippen molar-refractivity contribution in [3.8, 4) is 5.69 Å². The van der Waals surface area contributed by atoms with E-state index in [2.05, 4.69) is 10.4 Å². The van der Waals surface area contributed by atoms with Crippen molar-refractivity contribution in [2.45, 2.75) is 26.3 Å². The third-order valence-electron chi connectivity index (χ3n) is 3.46. The number of nitrogens with two attached hydrogens (primary N) is 1. The minimum absolute atomic E-state index is 0.147. The van der Waals surface area contributed by atoms with Gasteiger partial charge in [-0.15, -0.1) is 0 Å². The second-order valence-electron chi connectivity index (χ2n) is 4.90. The lowest BCUT2D eigenvalue weighted by Gasteiger charge is -2.17. The van der Waals surface area contributed by atoms with Gasteiger partial charge in [0.1, 0.15) is 0 Å². The maximum Gasteiger partial charge on any atom is 0.241 e. The highest BCUT2D eigenvalue weighted by Gasteiger charge is 2.19. The van der Waals surface area contributed by atoms with Crippen molar-refractivity contribution in [3.63, 3.8) is 0 Å². The standard InChI is InChI=1S/C15H20N4O/c1-3-11(2)14(16)15(20)18-12-5-7-13(8-6-12)19-10-4-9-17-19/h4-11,14H,3,16H2,1-2H3,(H,18,20)/t11-,14+/m1/s1. The van der Waals surface area contributed by atoms with E-state index in [9.17, 15) is 4.79 Å². The molecule has 0 bridgehead atoms. The van der Waals surface area contributed by atoms with Crippen molar-refractivity contribution in [3.05, 3.63) is 42.7 Å². The van der Waals surface area contributed by atoms with Gasteiger partial charge in [0.25, 0.3) is 0 Å².